The van der Waals surface area contributed by atoms with Crippen molar-refractivity contribution in [2.45, 2.75) is 19.3 Å². The van der Waals surface area contributed by atoms with Crippen LogP contribution in [-0.4, -0.2) is 47.0 Å². The summed E-state index contributed by atoms with van der Waals surface area (Å²) in [7, 11) is 1.57. The maximum absolute atomic E-state index is 13.6. The highest BCUT2D eigenvalue weighted by Gasteiger charge is 2.33. The molecule has 0 aliphatic carbocycles. The number of amidine groups is 1. The number of benzene rings is 2. The van der Waals surface area contributed by atoms with Gasteiger partial charge < -0.3 is 26.4 Å². The summed E-state index contributed by atoms with van der Waals surface area (Å²) in [5, 5.41) is 15.1. The number of aromatic nitrogens is 2. The second kappa shape index (κ2) is 9.67. The van der Waals surface area contributed by atoms with Crippen LogP contribution in [0.5, 0.6) is 5.75 Å². The van der Waals surface area contributed by atoms with E-state index in [0.29, 0.717) is 47.0 Å². The number of ether oxygens (including phenoxy) is 1. The number of carbonyl (C=O) groups excluding carboxylic acids is 3. The van der Waals surface area contributed by atoms with Gasteiger partial charge in [0.1, 0.15) is 23.0 Å². The van der Waals surface area contributed by atoms with Crippen LogP contribution in [0, 0.1) is 5.41 Å². The molecule has 3 aromatic rings. The molecule has 11 heteroatoms. The van der Waals surface area contributed by atoms with Crippen molar-refractivity contribution in [2.24, 2.45) is 11.5 Å². The number of nitrogens with zero attached hydrogens (tertiary/aromatic N) is 3. The molecule has 4 rings (SSSR count). The number of amides is 3. The Morgan fingerprint density at radius 3 is 2.31 bits per heavy atom. The Morgan fingerprint density at radius 2 is 1.71 bits per heavy atom. The fourth-order valence-electron chi connectivity index (χ4n) is 3.92. The first-order valence-corrected chi connectivity index (χ1v) is 10.9. The van der Waals surface area contributed by atoms with Gasteiger partial charge in [0.2, 0.25) is 11.8 Å². The van der Waals surface area contributed by atoms with Gasteiger partial charge in [-0.2, -0.15) is 5.10 Å². The summed E-state index contributed by atoms with van der Waals surface area (Å²) in [6, 6.07) is 13.9. The van der Waals surface area contributed by atoms with Crippen molar-refractivity contribution >= 4 is 34.9 Å². The van der Waals surface area contributed by atoms with E-state index in [2.05, 4.69) is 10.4 Å². The van der Waals surface area contributed by atoms with E-state index in [1.165, 1.54) is 4.68 Å². The molecule has 0 saturated carbocycles. The molecule has 6 N–H and O–H groups in total. The predicted octanol–water partition coefficient (Wildman–Crippen LogP) is 1.57. The molecule has 1 aromatic heterocycles. The molecule has 2 aromatic carbocycles. The van der Waals surface area contributed by atoms with Crippen LogP contribution in [0.15, 0.2) is 48.5 Å². The van der Waals surface area contributed by atoms with E-state index in [0.717, 1.165) is 0 Å². The summed E-state index contributed by atoms with van der Waals surface area (Å²) in [5.74, 6) is -0.682. The number of nitrogen functional groups attached to an aromatic ring is 1. The van der Waals surface area contributed by atoms with Crippen molar-refractivity contribution in [1.29, 1.82) is 5.41 Å². The number of nitrogens with two attached hydrogens (primary N) is 2. The highest BCUT2D eigenvalue weighted by Crippen LogP contribution is 2.30. The predicted molar refractivity (Wildman–Crippen MR) is 130 cm³/mol. The SMILES string of the molecule is COc1ccc(-n2nc(C(=N)N)c3c2C(=O)N(c2ccc(NC(=O)CCC(N)=O)cc2)CC3)cc1. The molecule has 0 atom stereocenters. The summed E-state index contributed by atoms with van der Waals surface area (Å²) in [6.45, 7) is 0.380. The molecule has 0 spiro atoms. The number of rotatable bonds is 8. The molecular formula is C24H25N7O4. The van der Waals surface area contributed by atoms with Crippen molar-refractivity contribution in [3.05, 3.63) is 65.5 Å². The van der Waals surface area contributed by atoms with Gasteiger partial charge in [-0.15, -0.1) is 0 Å². The number of carbonyl (C=O) groups is 3. The van der Waals surface area contributed by atoms with E-state index in [1.807, 2.05) is 0 Å². The Kier molecular flexibility index (Phi) is 6.49. The molecule has 0 bridgehead atoms. The van der Waals surface area contributed by atoms with E-state index < -0.39 is 5.91 Å². The Balaban J connectivity index is 1.61. The third kappa shape index (κ3) is 4.83. The van der Waals surface area contributed by atoms with Crippen LogP contribution in [0.2, 0.25) is 0 Å². The van der Waals surface area contributed by atoms with Crippen molar-refractivity contribution in [2.75, 3.05) is 23.9 Å². The van der Waals surface area contributed by atoms with Crippen molar-refractivity contribution in [1.82, 2.24) is 9.78 Å². The van der Waals surface area contributed by atoms with Crippen LogP contribution in [-0.2, 0) is 16.0 Å². The fraction of sp³-hybridized carbons (Fsp3) is 0.208. The summed E-state index contributed by atoms with van der Waals surface area (Å²) in [4.78, 5) is 38.0. The third-order valence-electron chi connectivity index (χ3n) is 5.65. The maximum Gasteiger partial charge on any atom is 0.277 e. The minimum Gasteiger partial charge on any atom is -0.497 e. The Morgan fingerprint density at radius 1 is 1.06 bits per heavy atom. The monoisotopic (exact) mass is 475 g/mol. The van der Waals surface area contributed by atoms with Crippen LogP contribution in [0.25, 0.3) is 5.69 Å². The van der Waals surface area contributed by atoms with E-state index in [9.17, 15) is 14.4 Å². The summed E-state index contributed by atoms with van der Waals surface area (Å²) in [5.41, 5.74) is 13.9. The molecule has 2 heterocycles. The molecule has 11 nitrogen and oxygen atoms in total. The molecule has 35 heavy (non-hydrogen) atoms. The van der Waals surface area contributed by atoms with Crippen LogP contribution >= 0.6 is 0 Å². The van der Waals surface area contributed by atoms with Gasteiger partial charge >= 0.3 is 0 Å². The van der Waals surface area contributed by atoms with Crippen molar-refractivity contribution < 1.29 is 19.1 Å². The Labute approximate surface area is 201 Å². The number of hydrogen-bond donors (Lipinski definition) is 4. The highest BCUT2D eigenvalue weighted by molar-refractivity contribution is 6.10. The lowest BCUT2D eigenvalue weighted by Crippen LogP contribution is -2.39. The van der Waals surface area contributed by atoms with Gasteiger partial charge in [-0.05, 0) is 55.0 Å². The fourth-order valence-corrected chi connectivity index (χ4v) is 3.92. The van der Waals surface area contributed by atoms with Crippen LogP contribution in [0.1, 0.15) is 34.6 Å². The lowest BCUT2D eigenvalue weighted by Gasteiger charge is -2.28. The largest absolute Gasteiger partial charge is 0.497 e. The normalized spacial score (nSPS) is 12.7. The van der Waals surface area contributed by atoms with Crippen LogP contribution < -0.4 is 26.4 Å². The minimum atomic E-state index is -0.541. The van der Waals surface area contributed by atoms with Gasteiger partial charge in [-0.3, -0.25) is 19.8 Å². The van der Waals surface area contributed by atoms with Gasteiger partial charge in [0.15, 0.2) is 0 Å². The second-order valence-corrected chi connectivity index (χ2v) is 7.97. The summed E-state index contributed by atoms with van der Waals surface area (Å²) < 4.78 is 6.72. The maximum atomic E-state index is 13.6. The second-order valence-electron chi connectivity index (χ2n) is 7.97. The Hall–Kier alpha value is -4.67. The molecule has 1 aliphatic rings. The highest BCUT2D eigenvalue weighted by atomic mass is 16.5. The van der Waals surface area contributed by atoms with Gasteiger partial charge in [-0.1, -0.05) is 0 Å². The van der Waals surface area contributed by atoms with Gasteiger partial charge in [0.05, 0.1) is 12.8 Å². The Bertz CT molecular complexity index is 1300. The molecule has 0 unspecified atom stereocenters. The number of methoxy groups -OCH3 is 1. The molecule has 0 saturated heterocycles. The first-order valence-electron chi connectivity index (χ1n) is 10.9. The smallest absolute Gasteiger partial charge is 0.277 e. The topological polar surface area (TPSA) is 169 Å². The molecule has 180 valence electrons. The zero-order valence-electron chi connectivity index (χ0n) is 19.1. The third-order valence-corrected chi connectivity index (χ3v) is 5.65. The number of nitrogens with one attached hydrogen (secondary N) is 2. The average molecular weight is 476 g/mol. The van der Waals surface area contributed by atoms with Crippen molar-refractivity contribution in [3.8, 4) is 11.4 Å². The van der Waals surface area contributed by atoms with Gasteiger partial charge in [0.25, 0.3) is 5.91 Å². The van der Waals surface area contributed by atoms with E-state index >= 15 is 0 Å². The van der Waals surface area contributed by atoms with Gasteiger partial charge in [-0.25, -0.2) is 4.68 Å². The molecule has 1 aliphatic heterocycles. The summed E-state index contributed by atoms with van der Waals surface area (Å²) in [6.07, 6.45) is 0.439. The zero-order chi connectivity index (χ0) is 25.1. The summed E-state index contributed by atoms with van der Waals surface area (Å²) >= 11 is 0. The molecule has 0 radical (unpaired) electrons. The quantitative estimate of drug-likeness (QED) is 0.285. The molecule has 0 fully saturated rings. The standard InChI is InChI=1S/C24H25N7O4/c1-35-17-8-6-16(7-9-17)31-22-18(21(29-31)23(26)27)12-13-30(24(22)34)15-4-2-14(3-5-15)28-20(33)11-10-19(25)32/h2-9H,10-13H2,1H3,(H2,25,32)(H3,26,27)(H,28,33). The minimum absolute atomic E-state index is 0.00168. The molecular weight excluding hydrogens is 450 g/mol. The van der Waals surface area contributed by atoms with Gasteiger partial charge in [0, 0.05) is 36.3 Å². The first-order chi connectivity index (χ1) is 16.8. The van der Waals surface area contributed by atoms with Crippen LogP contribution in [0.3, 0.4) is 0 Å². The number of primary amides is 1. The van der Waals surface area contributed by atoms with E-state index in [-0.39, 0.29) is 36.2 Å². The number of anilines is 2. The molecule has 3 amide bonds. The van der Waals surface area contributed by atoms with Crippen LogP contribution in [0.4, 0.5) is 11.4 Å². The lowest BCUT2D eigenvalue weighted by molar-refractivity contribution is -0.122. The zero-order valence-corrected chi connectivity index (χ0v) is 19.1. The van der Waals surface area contributed by atoms with Crippen molar-refractivity contribution in [3.63, 3.8) is 0 Å². The number of hydrogen-bond acceptors (Lipinski definition) is 6. The first kappa shape index (κ1) is 23.5. The lowest BCUT2D eigenvalue weighted by atomic mass is 10.0. The number of fused-ring (bicyclic) bond motifs is 1. The van der Waals surface area contributed by atoms with E-state index in [1.54, 1.807) is 60.5 Å². The average Bonchev–Trinajstić information content (AvgIpc) is 3.25. The van der Waals surface area contributed by atoms with E-state index in [4.69, 9.17) is 21.6 Å².